The van der Waals surface area contributed by atoms with Crippen molar-refractivity contribution in [1.29, 1.82) is 0 Å². The summed E-state index contributed by atoms with van der Waals surface area (Å²) in [5.74, 6) is 3.59. The van der Waals surface area contributed by atoms with Crippen LogP contribution in [0.25, 0.3) is 21.9 Å². The van der Waals surface area contributed by atoms with Crippen molar-refractivity contribution in [3.8, 4) is 11.1 Å². The summed E-state index contributed by atoms with van der Waals surface area (Å²) in [5.41, 5.74) is 6.59. The molecule has 8 rings (SSSR count). The van der Waals surface area contributed by atoms with Gasteiger partial charge in [0.25, 0.3) is 0 Å². The Labute approximate surface area is 277 Å². The van der Waals surface area contributed by atoms with Crippen LogP contribution >= 0.6 is 0 Å². The highest BCUT2D eigenvalue weighted by Crippen LogP contribution is 2.44. The highest BCUT2D eigenvalue weighted by Gasteiger charge is 2.42. The first-order valence-electron chi connectivity index (χ1n) is 19.8. The highest BCUT2D eigenvalue weighted by molar-refractivity contribution is 7.03. The molecule has 4 aliphatic carbocycles. The Morgan fingerprint density at radius 2 is 0.978 bits per heavy atom. The lowest BCUT2D eigenvalue weighted by Gasteiger charge is -2.39. The van der Waals surface area contributed by atoms with Gasteiger partial charge < -0.3 is 0 Å². The van der Waals surface area contributed by atoms with Crippen LogP contribution in [0.4, 0.5) is 0 Å². The average Bonchev–Trinajstić information content (AvgIpc) is 3.10. The minimum Gasteiger partial charge on any atom is -0.0795 e. The van der Waals surface area contributed by atoms with Crippen molar-refractivity contribution in [2.24, 2.45) is 0 Å². The molecule has 0 amide bonds. The molecule has 0 unspecified atom stereocenters. The molecule has 3 heteroatoms. The quantitative estimate of drug-likeness (QED) is 0.243. The van der Waals surface area contributed by atoms with Crippen molar-refractivity contribution in [3.05, 3.63) is 48.5 Å². The number of rotatable bonds is 6. The van der Waals surface area contributed by atoms with Crippen LogP contribution in [0.15, 0.2) is 48.5 Å². The van der Waals surface area contributed by atoms with E-state index in [-0.39, 0.29) is 0 Å². The molecule has 0 spiro atoms. The standard InChI is InChI=1S/C42H58B2Si/c1-45(2)40-25-15-24-38-39(44(33-20-11-5-12-21-33)34-22-13-6-14-23-34)29-28-37(42(38)40)36-27-26-35(30-41(36)45)43(31-16-7-3-8-17-31)32-18-9-4-10-19-32/h15,24-34H,3-14,16-23H2,1-2H3. The minimum atomic E-state index is -1.88. The predicted octanol–water partition coefficient (Wildman–Crippen LogP) is 10.4. The third-order valence-electron chi connectivity index (χ3n) is 14.1. The van der Waals surface area contributed by atoms with Crippen LogP contribution in [0.3, 0.4) is 0 Å². The van der Waals surface area contributed by atoms with E-state index >= 15 is 0 Å². The third kappa shape index (κ3) is 5.64. The lowest BCUT2D eigenvalue weighted by molar-refractivity contribution is 0.465. The van der Waals surface area contributed by atoms with E-state index in [1.165, 1.54) is 128 Å². The average molecular weight is 613 g/mol. The molecule has 0 radical (unpaired) electrons. The van der Waals surface area contributed by atoms with Crippen molar-refractivity contribution < 1.29 is 0 Å². The van der Waals surface area contributed by atoms with Crippen molar-refractivity contribution in [3.63, 3.8) is 0 Å². The van der Waals surface area contributed by atoms with E-state index in [0.29, 0.717) is 0 Å². The Morgan fingerprint density at radius 3 is 1.51 bits per heavy atom. The molecule has 1 aliphatic heterocycles. The summed E-state index contributed by atoms with van der Waals surface area (Å²) in [7, 11) is -1.88. The fourth-order valence-electron chi connectivity index (χ4n) is 11.9. The van der Waals surface area contributed by atoms with E-state index in [1.807, 2.05) is 0 Å². The number of benzene rings is 3. The number of hydrogen-bond acceptors (Lipinski definition) is 0. The molecule has 0 nitrogen and oxygen atoms in total. The molecule has 236 valence electrons. The van der Waals surface area contributed by atoms with E-state index < -0.39 is 8.07 Å². The van der Waals surface area contributed by atoms with Crippen LogP contribution in [0.5, 0.6) is 0 Å². The molecule has 0 aromatic heterocycles. The lowest BCUT2D eigenvalue weighted by Crippen LogP contribution is -2.57. The molecule has 0 bridgehead atoms. The molecule has 1 heterocycles. The maximum atomic E-state index is 2.80. The van der Waals surface area contributed by atoms with Gasteiger partial charge in [0.1, 0.15) is 8.07 Å². The summed E-state index contributed by atoms with van der Waals surface area (Å²) < 4.78 is 0. The summed E-state index contributed by atoms with van der Waals surface area (Å²) in [6.07, 6.45) is 29.2. The Morgan fingerprint density at radius 1 is 0.489 bits per heavy atom. The maximum Gasteiger partial charge on any atom is 0.183 e. The molecule has 4 fully saturated rings. The molecular formula is C42H58B2Si. The van der Waals surface area contributed by atoms with Gasteiger partial charge in [-0.1, -0.05) is 224 Å². The van der Waals surface area contributed by atoms with Crippen molar-refractivity contribution in [2.45, 2.75) is 165 Å². The van der Waals surface area contributed by atoms with E-state index in [4.69, 9.17) is 0 Å². The highest BCUT2D eigenvalue weighted by atomic mass is 28.3. The largest absolute Gasteiger partial charge is 0.183 e. The third-order valence-corrected chi connectivity index (χ3v) is 17.7. The monoisotopic (exact) mass is 612 g/mol. The topological polar surface area (TPSA) is 0 Å². The second kappa shape index (κ2) is 13.1. The summed E-state index contributed by atoms with van der Waals surface area (Å²) in [6, 6.07) is 20.9. The second-order valence-corrected chi connectivity index (χ2v) is 21.3. The van der Waals surface area contributed by atoms with Gasteiger partial charge in [0.2, 0.25) is 0 Å². The van der Waals surface area contributed by atoms with E-state index in [0.717, 1.165) is 36.7 Å². The first-order valence-corrected chi connectivity index (χ1v) is 22.8. The number of fused-ring (bicyclic) bond motifs is 2. The molecule has 0 atom stereocenters. The van der Waals surface area contributed by atoms with Gasteiger partial charge in [-0.25, -0.2) is 0 Å². The van der Waals surface area contributed by atoms with Crippen molar-refractivity contribution in [2.75, 3.05) is 0 Å². The van der Waals surface area contributed by atoms with E-state index in [1.54, 1.807) is 43.2 Å². The Hall–Kier alpha value is -1.73. The molecular weight excluding hydrogens is 554 g/mol. The van der Waals surface area contributed by atoms with Crippen LogP contribution in [0.1, 0.15) is 128 Å². The van der Waals surface area contributed by atoms with Crippen LogP contribution in [0, 0.1) is 0 Å². The normalized spacial score (nSPS) is 23.2. The zero-order chi connectivity index (χ0) is 30.4. The molecule has 45 heavy (non-hydrogen) atoms. The molecule has 5 aliphatic rings. The van der Waals surface area contributed by atoms with Gasteiger partial charge in [0, 0.05) is 0 Å². The first kappa shape index (κ1) is 30.6. The van der Waals surface area contributed by atoms with Crippen molar-refractivity contribution >= 4 is 53.6 Å². The summed E-state index contributed by atoms with van der Waals surface area (Å²) in [5, 5.41) is 6.74. The second-order valence-electron chi connectivity index (χ2n) is 17.0. The van der Waals surface area contributed by atoms with Crippen LogP contribution in [0.2, 0.25) is 36.4 Å². The van der Waals surface area contributed by atoms with E-state index in [2.05, 4.69) is 61.6 Å². The minimum absolute atomic E-state index is 0.759. The summed E-state index contributed by atoms with van der Waals surface area (Å²) in [6.45, 7) is 6.92. The van der Waals surface area contributed by atoms with Gasteiger partial charge in [-0.3, -0.25) is 0 Å². The van der Waals surface area contributed by atoms with Gasteiger partial charge >= 0.3 is 0 Å². The zero-order valence-corrected chi connectivity index (χ0v) is 29.7. The number of hydrogen-bond donors (Lipinski definition) is 0. The van der Waals surface area contributed by atoms with Gasteiger partial charge in [-0.05, 0) is 32.3 Å². The molecule has 3 aromatic carbocycles. The molecule has 0 N–H and O–H groups in total. The predicted molar refractivity (Wildman–Crippen MR) is 204 cm³/mol. The fraction of sp³-hybridized carbons (Fsp3) is 0.619. The van der Waals surface area contributed by atoms with Gasteiger partial charge in [0.05, 0.1) is 0 Å². The Balaban J connectivity index is 1.24. The zero-order valence-electron chi connectivity index (χ0n) is 28.7. The van der Waals surface area contributed by atoms with Crippen LogP contribution < -0.4 is 21.3 Å². The van der Waals surface area contributed by atoms with Gasteiger partial charge in [-0.15, -0.1) is 0 Å². The van der Waals surface area contributed by atoms with Crippen LogP contribution in [-0.4, -0.2) is 21.5 Å². The molecule has 0 saturated heterocycles. The smallest absolute Gasteiger partial charge is 0.0795 e. The maximum absolute atomic E-state index is 2.80. The van der Waals surface area contributed by atoms with Gasteiger partial charge in [-0.2, -0.15) is 0 Å². The van der Waals surface area contributed by atoms with Crippen molar-refractivity contribution in [1.82, 2.24) is 0 Å². The summed E-state index contributed by atoms with van der Waals surface area (Å²) >= 11 is 0. The lowest BCUT2D eigenvalue weighted by atomic mass is 9.27. The Kier molecular flexibility index (Phi) is 8.87. The molecule has 4 saturated carbocycles. The SMILES string of the molecule is C[Si]1(C)c2cc(B(C3CCCCC3)C3CCCCC3)ccc2-c2ccc(B(C3CCCCC3)C3CCCCC3)c3cccc1c23. The first-order chi connectivity index (χ1) is 22.1. The molecule has 3 aromatic rings. The van der Waals surface area contributed by atoms with E-state index in [9.17, 15) is 0 Å². The Bertz CT molecular complexity index is 1450. The van der Waals surface area contributed by atoms with Gasteiger partial charge in [0.15, 0.2) is 13.4 Å². The van der Waals surface area contributed by atoms with Crippen LogP contribution in [-0.2, 0) is 0 Å². The fourth-order valence-corrected chi connectivity index (χ4v) is 15.0. The summed E-state index contributed by atoms with van der Waals surface area (Å²) in [4.78, 5) is 0.